The van der Waals surface area contributed by atoms with Crippen molar-refractivity contribution >= 4 is 28.4 Å². The van der Waals surface area contributed by atoms with Crippen LogP contribution >= 0.6 is 11.8 Å². The van der Waals surface area contributed by atoms with Crippen LogP contribution in [0.25, 0.3) is 16.7 Å². The molecule has 7 heteroatoms. The van der Waals surface area contributed by atoms with Gasteiger partial charge in [-0.1, -0.05) is 55.8 Å². The predicted molar refractivity (Wildman–Crippen MR) is 117 cm³/mol. The zero-order valence-corrected chi connectivity index (χ0v) is 17.5. The van der Waals surface area contributed by atoms with Gasteiger partial charge in [-0.05, 0) is 36.2 Å². The number of hydrogen-bond acceptors (Lipinski definition) is 5. The summed E-state index contributed by atoms with van der Waals surface area (Å²) >= 11 is 1.61. The molecule has 4 aromatic rings. The molecule has 6 nitrogen and oxygen atoms in total. The second-order valence-electron chi connectivity index (χ2n) is 6.94. The number of thioether (sulfide) groups is 1. The van der Waals surface area contributed by atoms with Crippen LogP contribution in [0.15, 0.2) is 58.5 Å². The fourth-order valence-electron chi connectivity index (χ4n) is 3.46. The Bertz CT molecular complexity index is 1200. The third-order valence-corrected chi connectivity index (χ3v) is 5.97. The van der Waals surface area contributed by atoms with Crippen LogP contribution in [0.2, 0.25) is 0 Å². The van der Waals surface area contributed by atoms with Crippen molar-refractivity contribution in [2.45, 2.75) is 43.6 Å². The van der Waals surface area contributed by atoms with Gasteiger partial charge in [-0.2, -0.15) is 0 Å². The Morgan fingerprint density at radius 1 is 1.07 bits per heavy atom. The number of unbranched alkanes of at least 4 members (excludes halogenated alkanes) is 2. The lowest BCUT2D eigenvalue weighted by Gasteiger charge is -2.11. The number of ether oxygens (including phenoxy) is 1. The number of rotatable bonds is 8. The minimum absolute atomic E-state index is 0.000879. The van der Waals surface area contributed by atoms with Crippen molar-refractivity contribution in [1.82, 2.24) is 19.2 Å². The average Bonchev–Trinajstić information content (AvgIpc) is 3.19. The van der Waals surface area contributed by atoms with Crippen molar-refractivity contribution in [2.24, 2.45) is 0 Å². The van der Waals surface area contributed by atoms with Crippen molar-refractivity contribution in [1.29, 1.82) is 0 Å². The highest BCUT2D eigenvalue weighted by molar-refractivity contribution is 7.98. The van der Waals surface area contributed by atoms with Crippen LogP contribution in [0, 0.1) is 0 Å². The van der Waals surface area contributed by atoms with Crippen LogP contribution in [-0.4, -0.2) is 26.3 Å². The molecule has 29 heavy (non-hydrogen) atoms. The Kier molecular flexibility index (Phi) is 5.85. The molecule has 0 aliphatic rings. The van der Waals surface area contributed by atoms with E-state index in [-0.39, 0.29) is 5.56 Å². The molecule has 0 saturated heterocycles. The Morgan fingerprint density at radius 2 is 1.93 bits per heavy atom. The quantitative estimate of drug-likeness (QED) is 0.316. The van der Waals surface area contributed by atoms with E-state index < -0.39 is 0 Å². The highest BCUT2D eigenvalue weighted by Crippen LogP contribution is 2.26. The number of methoxy groups -OCH3 is 1. The molecule has 4 rings (SSSR count). The standard InChI is InChI=1S/C22H24N4O2S/c1-3-4-7-13-25-20(27)18-11-5-6-12-19(18)26-21(25)23-24-22(26)29-15-16-9-8-10-17(14-16)28-2/h5-6,8-12,14H,3-4,7,13,15H2,1-2H3. The Balaban J connectivity index is 1.76. The van der Waals surface area contributed by atoms with E-state index in [1.165, 1.54) is 0 Å². The minimum Gasteiger partial charge on any atom is -0.497 e. The first kappa shape index (κ1) is 19.5. The van der Waals surface area contributed by atoms with E-state index >= 15 is 0 Å². The van der Waals surface area contributed by atoms with Gasteiger partial charge in [0.1, 0.15) is 5.75 Å². The van der Waals surface area contributed by atoms with Gasteiger partial charge >= 0.3 is 0 Å². The summed E-state index contributed by atoms with van der Waals surface area (Å²) in [6.07, 6.45) is 3.13. The first-order valence-corrected chi connectivity index (χ1v) is 10.8. The summed E-state index contributed by atoms with van der Waals surface area (Å²) in [7, 11) is 1.67. The van der Waals surface area contributed by atoms with E-state index in [1.54, 1.807) is 23.4 Å². The van der Waals surface area contributed by atoms with Crippen molar-refractivity contribution in [3.8, 4) is 5.75 Å². The smallest absolute Gasteiger partial charge is 0.262 e. The number of aryl methyl sites for hydroxylation is 1. The summed E-state index contributed by atoms with van der Waals surface area (Å²) in [5.41, 5.74) is 1.99. The normalized spacial score (nSPS) is 11.4. The van der Waals surface area contributed by atoms with Gasteiger partial charge in [0.25, 0.3) is 5.56 Å². The molecule has 0 unspecified atom stereocenters. The van der Waals surface area contributed by atoms with Crippen molar-refractivity contribution in [3.05, 3.63) is 64.4 Å². The molecule has 0 N–H and O–H groups in total. The summed E-state index contributed by atoms with van der Waals surface area (Å²) in [5.74, 6) is 2.18. The molecule has 0 atom stereocenters. The maximum atomic E-state index is 13.1. The van der Waals surface area contributed by atoms with Gasteiger partial charge in [0.05, 0.1) is 18.0 Å². The first-order chi connectivity index (χ1) is 14.2. The number of fused-ring (bicyclic) bond motifs is 3. The van der Waals surface area contributed by atoms with Gasteiger partial charge in [0.2, 0.25) is 5.78 Å². The summed E-state index contributed by atoms with van der Waals surface area (Å²) in [6, 6.07) is 15.7. The van der Waals surface area contributed by atoms with E-state index in [4.69, 9.17) is 4.74 Å². The number of benzene rings is 2. The zero-order chi connectivity index (χ0) is 20.2. The Morgan fingerprint density at radius 3 is 2.76 bits per heavy atom. The monoisotopic (exact) mass is 408 g/mol. The molecule has 0 spiro atoms. The van der Waals surface area contributed by atoms with Gasteiger partial charge in [-0.25, -0.2) is 0 Å². The maximum Gasteiger partial charge on any atom is 0.262 e. The largest absolute Gasteiger partial charge is 0.497 e. The van der Waals surface area contributed by atoms with Gasteiger partial charge in [-0.3, -0.25) is 13.8 Å². The molecule has 2 aromatic carbocycles. The fourth-order valence-corrected chi connectivity index (χ4v) is 4.34. The van der Waals surface area contributed by atoms with Gasteiger partial charge in [0.15, 0.2) is 5.16 Å². The SMILES string of the molecule is CCCCCn1c(=O)c2ccccc2n2c(SCc3cccc(OC)c3)nnc12. The van der Waals surface area contributed by atoms with Gasteiger partial charge < -0.3 is 4.74 Å². The van der Waals surface area contributed by atoms with Crippen LogP contribution in [0.3, 0.4) is 0 Å². The van der Waals surface area contributed by atoms with Crippen LogP contribution in [0.4, 0.5) is 0 Å². The van der Waals surface area contributed by atoms with E-state index in [2.05, 4.69) is 23.2 Å². The third kappa shape index (κ3) is 3.87. The molecule has 0 amide bonds. The molecule has 2 heterocycles. The average molecular weight is 409 g/mol. The van der Waals surface area contributed by atoms with Crippen LogP contribution in [0.1, 0.15) is 31.7 Å². The molecule has 0 radical (unpaired) electrons. The molecular formula is C22H24N4O2S. The molecule has 0 saturated carbocycles. The highest BCUT2D eigenvalue weighted by Gasteiger charge is 2.16. The molecule has 2 aromatic heterocycles. The Hall–Kier alpha value is -2.80. The third-order valence-electron chi connectivity index (χ3n) is 4.97. The second kappa shape index (κ2) is 8.69. The molecule has 150 valence electrons. The minimum atomic E-state index is 0.000879. The van der Waals surface area contributed by atoms with E-state index in [1.807, 2.05) is 46.9 Å². The lowest BCUT2D eigenvalue weighted by atomic mass is 10.2. The van der Waals surface area contributed by atoms with Gasteiger partial charge in [-0.15, -0.1) is 10.2 Å². The highest BCUT2D eigenvalue weighted by atomic mass is 32.2. The molecule has 0 aliphatic carbocycles. The topological polar surface area (TPSA) is 61.4 Å². The number of para-hydroxylation sites is 1. The predicted octanol–water partition coefficient (Wildman–Crippen LogP) is 4.54. The van der Waals surface area contributed by atoms with E-state index in [0.29, 0.717) is 17.7 Å². The number of nitrogens with zero attached hydrogens (tertiary/aromatic N) is 4. The van der Waals surface area contributed by atoms with Crippen LogP contribution < -0.4 is 10.3 Å². The Labute approximate surface area is 173 Å². The van der Waals surface area contributed by atoms with Crippen molar-refractivity contribution in [2.75, 3.05) is 7.11 Å². The molecular weight excluding hydrogens is 384 g/mol. The summed E-state index contributed by atoms with van der Waals surface area (Å²) in [5, 5.41) is 10.3. The van der Waals surface area contributed by atoms with Crippen LogP contribution in [0.5, 0.6) is 5.75 Å². The number of aromatic nitrogens is 4. The maximum absolute atomic E-state index is 13.1. The molecule has 0 fully saturated rings. The van der Waals surface area contributed by atoms with E-state index in [0.717, 1.165) is 47.0 Å². The number of hydrogen-bond donors (Lipinski definition) is 0. The molecule has 0 aliphatic heterocycles. The van der Waals surface area contributed by atoms with E-state index in [9.17, 15) is 4.79 Å². The fraction of sp³-hybridized carbons (Fsp3) is 0.318. The summed E-state index contributed by atoms with van der Waals surface area (Å²) in [4.78, 5) is 13.1. The lowest BCUT2D eigenvalue weighted by Crippen LogP contribution is -2.23. The summed E-state index contributed by atoms with van der Waals surface area (Å²) in [6.45, 7) is 2.81. The van der Waals surface area contributed by atoms with Crippen LogP contribution in [-0.2, 0) is 12.3 Å². The van der Waals surface area contributed by atoms with Crippen molar-refractivity contribution < 1.29 is 4.74 Å². The first-order valence-electron chi connectivity index (χ1n) is 9.85. The lowest BCUT2D eigenvalue weighted by molar-refractivity contribution is 0.414. The second-order valence-corrected chi connectivity index (χ2v) is 7.88. The molecule has 0 bridgehead atoms. The van der Waals surface area contributed by atoms with Crippen molar-refractivity contribution in [3.63, 3.8) is 0 Å². The summed E-state index contributed by atoms with van der Waals surface area (Å²) < 4.78 is 9.09. The zero-order valence-electron chi connectivity index (χ0n) is 16.7. The van der Waals surface area contributed by atoms with Gasteiger partial charge in [0, 0.05) is 12.3 Å².